The van der Waals surface area contributed by atoms with E-state index in [0.717, 1.165) is 34.8 Å². The highest BCUT2D eigenvalue weighted by Gasteiger charge is 2.51. The van der Waals surface area contributed by atoms with Gasteiger partial charge in [-0.2, -0.15) is 18.4 Å². The third-order valence-electron chi connectivity index (χ3n) is 10.2. The van der Waals surface area contributed by atoms with Crippen LogP contribution in [-0.4, -0.2) is 104 Å². The first-order valence-corrected chi connectivity index (χ1v) is 19.9. The number of ether oxygens (including phenoxy) is 4. The summed E-state index contributed by atoms with van der Waals surface area (Å²) in [6, 6.07) is 15.3. The molecule has 3 aliphatic rings. The molecule has 61 heavy (non-hydrogen) atoms. The summed E-state index contributed by atoms with van der Waals surface area (Å²) in [6.07, 6.45) is -3.21. The molecule has 0 radical (unpaired) electrons. The van der Waals surface area contributed by atoms with Gasteiger partial charge in [0.1, 0.15) is 17.3 Å². The van der Waals surface area contributed by atoms with Gasteiger partial charge in [0, 0.05) is 30.9 Å². The number of fused-ring (bicyclic) bond motifs is 1. The summed E-state index contributed by atoms with van der Waals surface area (Å²) in [5, 5.41) is 14.5. The molecular weight excluding hydrogens is 822 g/mol. The third-order valence-corrected chi connectivity index (χ3v) is 10.5. The van der Waals surface area contributed by atoms with Gasteiger partial charge < -0.3 is 29.2 Å². The minimum absolute atomic E-state index is 0.00132. The maximum absolute atomic E-state index is 13.7. The lowest BCUT2D eigenvalue weighted by Gasteiger charge is -2.29. The Morgan fingerprint density at radius 1 is 0.869 bits per heavy atom. The molecule has 0 aromatic heterocycles. The van der Waals surface area contributed by atoms with Gasteiger partial charge in [0.15, 0.2) is 5.11 Å². The van der Waals surface area contributed by atoms with Crippen LogP contribution in [0.2, 0.25) is 0 Å². The minimum atomic E-state index is -4.79. The standard InChI is InChI=1S/C42H43F3N6O9S/c1-41(2)39(56)49(28-9-8-26(25-46)31(24-28)42(43,44)45)40(61)51(41)27-10-12-29(13-11-27)60-18-4-3-17-57-20-22-59-23-21-58-19-16-47-32-7-5-6-30-35(32)38(55)50(37(30)54)33-14-15-34(52)48-36(33)53/h5-13,24,33,47H,3-4,14-23H2,1-2H3,(H,48,52,53). The van der Waals surface area contributed by atoms with Crippen LogP contribution in [0.5, 0.6) is 5.75 Å². The van der Waals surface area contributed by atoms with Crippen LogP contribution in [0.25, 0.3) is 0 Å². The van der Waals surface area contributed by atoms with Crippen LogP contribution >= 0.6 is 12.2 Å². The second-order valence-electron chi connectivity index (χ2n) is 14.6. The second-order valence-corrected chi connectivity index (χ2v) is 15.0. The van der Waals surface area contributed by atoms with Crippen molar-refractivity contribution < 1.29 is 56.1 Å². The quantitative estimate of drug-likeness (QED) is 0.0912. The molecule has 3 aromatic carbocycles. The van der Waals surface area contributed by atoms with Crippen LogP contribution in [0.1, 0.15) is 71.4 Å². The number of piperidine rings is 1. The number of unbranched alkanes of at least 4 members (excludes halogenated alkanes) is 1. The largest absolute Gasteiger partial charge is 0.494 e. The van der Waals surface area contributed by atoms with Crippen molar-refractivity contribution in [1.82, 2.24) is 10.2 Å². The average Bonchev–Trinajstić information content (AvgIpc) is 3.58. The second kappa shape index (κ2) is 19.2. The van der Waals surface area contributed by atoms with Gasteiger partial charge in [-0.15, -0.1) is 0 Å². The molecule has 2 fully saturated rings. The number of amides is 5. The Morgan fingerprint density at radius 2 is 1.52 bits per heavy atom. The topological polar surface area (TPSA) is 180 Å². The Balaban J connectivity index is 0.825. The smallest absolute Gasteiger partial charge is 0.417 e. The van der Waals surface area contributed by atoms with Crippen molar-refractivity contribution >= 4 is 63.9 Å². The number of imide groups is 2. The summed E-state index contributed by atoms with van der Waals surface area (Å²) >= 11 is 5.60. The Labute approximate surface area is 354 Å². The number of rotatable bonds is 19. The number of benzene rings is 3. The van der Waals surface area contributed by atoms with Crippen LogP contribution in [0.4, 0.5) is 30.2 Å². The molecule has 3 heterocycles. The average molecular weight is 865 g/mol. The molecular formula is C42H43F3N6O9S. The molecule has 0 saturated carbocycles. The van der Waals surface area contributed by atoms with Crippen LogP contribution in [-0.2, 0) is 34.8 Å². The fourth-order valence-electron chi connectivity index (χ4n) is 7.11. The molecule has 1 unspecified atom stereocenters. The molecule has 0 spiro atoms. The first-order chi connectivity index (χ1) is 29.1. The van der Waals surface area contributed by atoms with Crippen LogP contribution in [0.15, 0.2) is 60.7 Å². The molecule has 1 atom stereocenters. The van der Waals surface area contributed by atoms with Crippen molar-refractivity contribution in [3.63, 3.8) is 0 Å². The lowest BCUT2D eigenvalue weighted by atomic mass is 10.0. The zero-order valence-electron chi connectivity index (χ0n) is 33.3. The Hall–Kier alpha value is -5.94. The number of alkyl halides is 3. The fourth-order valence-corrected chi connectivity index (χ4v) is 7.63. The van der Waals surface area contributed by atoms with Gasteiger partial charge in [-0.1, -0.05) is 6.07 Å². The highest BCUT2D eigenvalue weighted by molar-refractivity contribution is 7.81. The summed E-state index contributed by atoms with van der Waals surface area (Å²) in [5.41, 5.74) is -1.62. The van der Waals surface area contributed by atoms with E-state index in [1.165, 1.54) is 18.2 Å². The maximum Gasteiger partial charge on any atom is 0.417 e. The van der Waals surface area contributed by atoms with Gasteiger partial charge in [-0.25, -0.2) is 0 Å². The summed E-state index contributed by atoms with van der Waals surface area (Å²) in [6.45, 7) is 6.29. The van der Waals surface area contributed by atoms with Crippen molar-refractivity contribution in [2.75, 3.05) is 67.9 Å². The van der Waals surface area contributed by atoms with Gasteiger partial charge in [0.05, 0.1) is 73.7 Å². The van der Waals surface area contributed by atoms with E-state index in [2.05, 4.69) is 10.6 Å². The molecule has 0 bridgehead atoms. The number of anilines is 3. The van der Waals surface area contributed by atoms with E-state index in [-0.39, 0.29) is 34.8 Å². The molecule has 15 nitrogen and oxygen atoms in total. The molecule has 5 amide bonds. The molecule has 3 aliphatic heterocycles. The maximum atomic E-state index is 13.7. The Bertz CT molecular complexity index is 2230. The first kappa shape index (κ1) is 44.6. The number of nitrogens with zero attached hydrogens (tertiary/aromatic N) is 4. The SMILES string of the molecule is CC1(C)C(=O)N(c2ccc(C#N)c(C(F)(F)F)c2)C(=S)N1c1ccc(OCCCCOCCOCCOCCNc2cccc3c2C(=O)N(C2CCC(=O)NC2=O)C3=O)cc1. The van der Waals surface area contributed by atoms with Crippen molar-refractivity contribution in [1.29, 1.82) is 5.26 Å². The predicted octanol–water partition coefficient (Wildman–Crippen LogP) is 5.22. The molecule has 3 aromatic rings. The lowest BCUT2D eigenvalue weighted by Crippen LogP contribution is -2.54. The van der Waals surface area contributed by atoms with Gasteiger partial charge >= 0.3 is 6.18 Å². The van der Waals surface area contributed by atoms with Crippen LogP contribution in [0, 0.1) is 11.3 Å². The van der Waals surface area contributed by atoms with E-state index in [1.807, 2.05) is 0 Å². The fraction of sp³-hybridized carbons (Fsp3) is 0.405. The number of thiocarbonyl (C=S) groups is 1. The predicted molar refractivity (Wildman–Crippen MR) is 218 cm³/mol. The number of nitriles is 1. The molecule has 2 saturated heterocycles. The number of hydrogen-bond acceptors (Lipinski definition) is 12. The zero-order chi connectivity index (χ0) is 43.9. The molecule has 0 aliphatic carbocycles. The molecule has 19 heteroatoms. The Kier molecular flexibility index (Phi) is 14.0. The highest BCUT2D eigenvalue weighted by atomic mass is 32.1. The van der Waals surface area contributed by atoms with Crippen LogP contribution in [0.3, 0.4) is 0 Å². The summed E-state index contributed by atoms with van der Waals surface area (Å²) in [5.74, 6) is -2.19. The summed E-state index contributed by atoms with van der Waals surface area (Å²) in [4.78, 5) is 67.1. The number of hydrogen-bond donors (Lipinski definition) is 2. The molecule has 322 valence electrons. The van der Waals surface area contributed by atoms with E-state index in [0.29, 0.717) is 69.9 Å². The monoisotopic (exact) mass is 864 g/mol. The highest BCUT2D eigenvalue weighted by Crippen LogP contribution is 2.40. The third kappa shape index (κ3) is 9.83. The van der Waals surface area contributed by atoms with Gasteiger partial charge in [-0.05, 0) is 99.9 Å². The van der Waals surface area contributed by atoms with Crippen molar-refractivity contribution in [2.45, 2.75) is 57.3 Å². The molecule has 2 N–H and O–H groups in total. The number of nitrogens with one attached hydrogen (secondary N) is 2. The summed E-state index contributed by atoms with van der Waals surface area (Å²) < 4.78 is 63.6. The zero-order valence-corrected chi connectivity index (χ0v) is 34.2. The number of halogens is 3. The first-order valence-electron chi connectivity index (χ1n) is 19.5. The van der Waals surface area contributed by atoms with Gasteiger partial charge in [0.25, 0.3) is 17.7 Å². The minimum Gasteiger partial charge on any atom is -0.494 e. The number of carbonyl (C=O) groups excluding carboxylic acids is 5. The van der Waals surface area contributed by atoms with Crippen molar-refractivity contribution in [3.8, 4) is 11.8 Å². The van der Waals surface area contributed by atoms with Crippen LogP contribution < -0.4 is 25.2 Å². The lowest BCUT2D eigenvalue weighted by molar-refractivity contribution is -0.138. The van der Waals surface area contributed by atoms with Gasteiger partial charge in [-0.3, -0.25) is 39.1 Å². The number of carbonyl (C=O) groups is 5. The van der Waals surface area contributed by atoms with E-state index in [4.69, 9.17) is 36.4 Å². The Morgan fingerprint density at radius 3 is 2.20 bits per heavy atom. The van der Waals surface area contributed by atoms with Crippen molar-refractivity contribution in [3.05, 3.63) is 82.9 Å². The molecule has 6 rings (SSSR count). The normalized spacial score (nSPS) is 17.5. The van der Waals surface area contributed by atoms with E-state index in [9.17, 15) is 37.1 Å². The van der Waals surface area contributed by atoms with Crippen molar-refractivity contribution in [2.24, 2.45) is 0 Å². The van der Waals surface area contributed by atoms with E-state index >= 15 is 0 Å². The van der Waals surface area contributed by atoms with E-state index in [1.54, 1.807) is 55.1 Å². The van der Waals surface area contributed by atoms with E-state index < -0.39 is 58.4 Å². The van der Waals surface area contributed by atoms with Gasteiger partial charge in [0.2, 0.25) is 11.8 Å². The summed E-state index contributed by atoms with van der Waals surface area (Å²) in [7, 11) is 0.